The molecule has 0 spiro atoms. The van der Waals surface area contributed by atoms with E-state index in [9.17, 15) is 10.1 Å². The van der Waals surface area contributed by atoms with Crippen LogP contribution in [0.5, 0.6) is 0 Å². The molecule has 1 aromatic rings. The SMILES string of the molecule is Cc1cc([N+](=O)[O-])c(C)cc1NCC1CCNCC1. The van der Waals surface area contributed by atoms with Crippen molar-refractivity contribution >= 4 is 11.4 Å². The second-order valence-corrected chi connectivity index (χ2v) is 5.29. The fraction of sp³-hybridized carbons (Fsp3) is 0.571. The van der Waals surface area contributed by atoms with Crippen LogP contribution in [0, 0.1) is 29.9 Å². The highest BCUT2D eigenvalue weighted by atomic mass is 16.6. The van der Waals surface area contributed by atoms with Gasteiger partial charge < -0.3 is 10.6 Å². The first-order chi connectivity index (χ1) is 9.08. The molecule has 1 fully saturated rings. The summed E-state index contributed by atoms with van der Waals surface area (Å²) < 4.78 is 0. The highest BCUT2D eigenvalue weighted by molar-refractivity contribution is 5.59. The molecule has 5 heteroatoms. The molecule has 1 saturated heterocycles. The molecule has 0 unspecified atom stereocenters. The van der Waals surface area contributed by atoms with Crippen LogP contribution >= 0.6 is 0 Å². The molecule has 5 nitrogen and oxygen atoms in total. The molecular weight excluding hydrogens is 242 g/mol. The maximum absolute atomic E-state index is 10.9. The largest absolute Gasteiger partial charge is 0.385 e. The van der Waals surface area contributed by atoms with E-state index in [-0.39, 0.29) is 10.6 Å². The summed E-state index contributed by atoms with van der Waals surface area (Å²) >= 11 is 0. The highest BCUT2D eigenvalue weighted by Gasteiger charge is 2.15. The van der Waals surface area contributed by atoms with E-state index < -0.39 is 0 Å². The predicted octanol–water partition coefficient (Wildman–Crippen LogP) is 2.62. The van der Waals surface area contributed by atoms with Crippen LogP contribution in [0.4, 0.5) is 11.4 Å². The van der Waals surface area contributed by atoms with Crippen molar-refractivity contribution in [3.8, 4) is 0 Å². The van der Waals surface area contributed by atoms with Crippen LogP contribution in [-0.4, -0.2) is 24.6 Å². The molecule has 2 N–H and O–H groups in total. The van der Waals surface area contributed by atoms with Gasteiger partial charge in [-0.2, -0.15) is 0 Å². The Bertz CT molecular complexity index is 468. The van der Waals surface area contributed by atoms with Crippen LogP contribution < -0.4 is 10.6 Å². The molecule has 19 heavy (non-hydrogen) atoms. The Morgan fingerprint density at radius 3 is 2.63 bits per heavy atom. The summed E-state index contributed by atoms with van der Waals surface area (Å²) in [5.74, 6) is 0.691. The van der Waals surface area contributed by atoms with Gasteiger partial charge in [0.25, 0.3) is 5.69 Å². The zero-order valence-electron chi connectivity index (χ0n) is 11.5. The number of nitro groups is 1. The van der Waals surface area contributed by atoms with Crippen LogP contribution in [0.15, 0.2) is 12.1 Å². The predicted molar refractivity (Wildman–Crippen MR) is 76.7 cm³/mol. The van der Waals surface area contributed by atoms with Gasteiger partial charge in [-0.05, 0) is 57.3 Å². The lowest BCUT2D eigenvalue weighted by Gasteiger charge is -2.23. The van der Waals surface area contributed by atoms with Crippen LogP contribution in [0.2, 0.25) is 0 Å². The van der Waals surface area contributed by atoms with Gasteiger partial charge in [-0.1, -0.05) is 0 Å². The summed E-state index contributed by atoms with van der Waals surface area (Å²) in [4.78, 5) is 10.5. The molecular formula is C14H21N3O2. The van der Waals surface area contributed by atoms with Crippen molar-refractivity contribution in [3.05, 3.63) is 33.4 Å². The number of hydrogen-bond acceptors (Lipinski definition) is 4. The van der Waals surface area contributed by atoms with Gasteiger partial charge in [0.2, 0.25) is 0 Å². The van der Waals surface area contributed by atoms with Gasteiger partial charge >= 0.3 is 0 Å². The lowest BCUT2D eigenvalue weighted by atomic mass is 9.98. The van der Waals surface area contributed by atoms with Gasteiger partial charge in [-0.3, -0.25) is 10.1 Å². The third-order valence-electron chi connectivity index (χ3n) is 3.78. The minimum atomic E-state index is -0.321. The lowest BCUT2D eigenvalue weighted by molar-refractivity contribution is -0.385. The van der Waals surface area contributed by atoms with Gasteiger partial charge in [-0.15, -0.1) is 0 Å². The quantitative estimate of drug-likeness (QED) is 0.647. The Kier molecular flexibility index (Phi) is 4.37. The second kappa shape index (κ2) is 6.02. The van der Waals surface area contributed by atoms with Gasteiger partial charge in [0.15, 0.2) is 0 Å². The summed E-state index contributed by atoms with van der Waals surface area (Å²) in [5.41, 5.74) is 2.86. The third kappa shape index (κ3) is 3.44. The van der Waals surface area contributed by atoms with Crippen LogP contribution in [0.3, 0.4) is 0 Å². The topological polar surface area (TPSA) is 67.2 Å². The van der Waals surface area contributed by atoms with E-state index in [1.54, 1.807) is 13.0 Å². The average molecular weight is 263 g/mol. The van der Waals surface area contributed by atoms with Crippen molar-refractivity contribution < 1.29 is 4.92 Å². The minimum Gasteiger partial charge on any atom is -0.385 e. The molecule has 0 aromatic heterocycles. The molecule has 0 saturated carbocycles. The molecule has 2 rings (SSSR count). The molecule has 0 radical (unpaired) electrons. The summed E-state index contributed by atoms with van der Waals surface area (Å²) in [6.07, 6.45) is 2.38. The standard InChI is InChI=1S/C14H21N3O2/c1-10-8-14(17(18)19)11(2)7-13(10)16-9-12-3-5-15-6-4-12/h7-8,12,15-16H,3-6,9H2,1-2H3. The second-order valence-electron chi connectivity index (χ2n) is 5.29. The molecule has 0 aliphatic carbocycles. The Labute approximate surface area is 113 Å². The van der Waals surface area contributed by atoms with E-state index in [2.05, 4.69) is 10.6 Å². The number of rotatable bonds is 4. The van der Waals surface area contributed by atoms with Gasteiger partial charge in [0, 0.05) is 23.9 Å². The molecule has 1 aliphatic rings. The van der Waals surface area contributed by atoms with E-state index in [0.29, 0.717) is 11.5 Å². The van der Waals surface area contributed by atoms with Crippen molar-refractivity contribution in [2.24, 2.45) is 5.92 Å². The molecule has 1 heterocycles. The first-order valence-electron chi connectivity index (χ1n) is 6.78. The number of nitro benzene ring substituents is 1. The van der Waals surface area contributed by atoms with Crippen molar-refractivity contribution in [1.29, 1.82) is 0 Å². The Morgan fingerprint density at radius 2 is 2.00 bits per heavy atom. The van der Waals surface area contributed by atoms with Crippen molar-refractivity contribution in [1.82, 2.24) is 5.32 Å². The zero-order chi connectivity index (χ0) is 13.8. The van der Waals surface area contributed by atoms with Crippen LogP contribution in [0.1, 0.15) is 24.0 Å². The summed E-state index contributed by atoms with van der Waals surface area (Å²) in [6, 6.07) is 3.54. The number of nitrogens with one attached hydrogen (secondary N) is 2. The number of nitrogens with zero attached hydrogens (tertiary/aromatic N) is 1. The van der Waals surface area contributed by atoms with E-state index in [0.717, 1.165) is 30.9 Å². The van der Waals surface area contributed by atoms with Gasteiger partial charge in [0.05, 0.1) is 4.92 Å². The summed E-state index contributed by atoms with van der Waals surface area (Å²) in [5, 5.41) is 17.7. The fourth-order valence-electron chi connectivity index (χ4n) is 2.53. The van der Waals surface area contributed by atoms with E-state index >= 15 is 0 Å². The van der Waals surface area contributed by atoms with Crippen molar-refractivity contribution in [2.45, 2.75) is 26.7 Å². The summed E-state index contributed by atoms with van der Waals surface area (Å²) in [7, 11) is 0. The van der Waals surface area contributed by atoms with Gasteiger partial charge in [-0.25, -0.2) is 0 Å². The van der Waals surface area contributed by atoms with Crippen LogP contribution in [0.25, 0.3) is 0 Å². The molecule has 1 aliphatic heterocycles. The van der Waals surface area contributed by atoms with E-state index in [1.165, 1.54) is 12.8 Å². The fourth-order valence-corrected chi connectivity index (χ4v) is 2.53. The van der Waals surface area contributed by atoms with Crippen LogP contribution in [-0.2, 0) is 0 Å². The number of piperidine rings is 1. The first-order valence-corrected chi connectivity index (χ1v) is 6.78. The van der Waals surface area contributed by atoms with Crippen molar-refractivity contribution in [3.63, 3.8) is 0 Å². The maximum Gasteiger partial charge on any atom is 0.272 e. The smallest absolute Gasteiger partial charge is 0.272 e. The molecule has 0 atom stereocenters. The molecule has 1 aromatic carbocycles. The van der Waals surface area contributed by atoms with Crippen molar-refractivity contribution in [2.75, 3.05) is 25.0 Å². The normalized spacial score (nSPS) is 16.3. The third-order valence-corrected chi connectivity index (χ3v) is 3.78. The minimum absolute atomic E-state index is 0.199. The average Bonchev–Trinajstić information content (AvgIpc) is 2.40. The number of aryl methyl sites for hydroxylation is 2. The van der Waals surface area contributed by atoms with E-state index in [4.69, 9.17) is 0 Å². The Morgan fingerprint density at radius 1 is 1.32 bits per heavy atom. The number of benzene rings is 1. The van der Waals surface area contributed by atoms with E-state index in [1.807, 2.05) is 13.0 Å². The number of hydrogen-bond donors (Lipinski definition) is 2. The monoisotopic (exact) mass is 263 g/mol. The maximum atomic E-state index is 10.9. The first kappa shape index (κ1) is 13.8. The lowest BCUT2D eigenvalue weighted by Crippen LogP contribution is -2.31. The highest BCUT2D eigenvalue weighted by Crippen LogP contribution is 2.26. The molecule has 104 valence electrons. The zero-order valence-corrected chi connectivity index (χ0v) is 11.5. The number of anilines is 1. The molecule has 0 bridgehead atoms. The Balaban J connectivity index is 2.04. The summed E-state index contributed by atoms with van der Waals surface area (Å²) in [6.45, 7) is 6.82. The van der Waals surface area contributed by atoms with Gasteiger partial charge in [0.1, 0.15) is 0 Å². The molecule has 0 amide bonds. The Hall–Kier alpha value is -1.62.